The van der Waals surface area contributed by atoms with E-state index in [9.17, 15) is 14.9 Å². The minimum atomic E-state index is -5.01. The Bertz CT molecular complexity index is 3000. The van der Waals surface area contributed by atoms with Gasteiger partial charge in [0.05, 0.1) is 73.0 Å². The Morgan fingerprint density at radius 2 is 0.745 bits per heavy atom. The van der Waals surface area contributed by atoms with Crippen molar-refractivity contribution >= 4 is 19.8 Å². The smallest absolute Gasteiger partial charge is 0.475 e. The molecule has 1 fully saturated rings. The molecule has 1 saturated carbocycles. The number of hydrogen-bond acceptors (Lipinski definition) is 18. The monoisotopic (exact) mass is 1430 g/mol. The topological polar surface area (TPSA) is 204 Å². The van der Waals surface area contributed by atoms with Crippen LogP contribution in [-0.4, -0.2) is 102 Å². The predicted octanol–water partition coefficient (Wildman–Crippen LogP) is 19.8. The van der Waals surface area contributed by atoms with E-state index in [0.29, 0.717) is 24.3 Å². The van der Waals surface area contributed by atoms with Crippen molar-refractivity contribution in [1.82, 2.24) is 0 Å². The summed E-state index contributed by atoms with van der Waals surface area (Å²) in [7, 11) is -1.82. The van der Waals surface area contributed by atoms with E-state index in [2.05, 4.69) is 19.9 Å². The van der Waals surface area contributed by atoms with E-state index in [-0.39, 0.29) is 65.9 Å². The van der Waals surface area contributed by atoms with Crippen molar-refractivity contribution in [2.24, 2.45) is 0 Å². The summed E-state index contributed by atoms with van der Waals surface area (Å²) in [5.41, 5.74) is 4.15. The molecule has 102 heavy (non-hydrogen) atoms. The molecule has 19 heteroatoms. The highest BCUT2D eigenvalue weighted by Crippen LogP contribution is 2.54. The van der Waals surface area contributed by atoms with Gasteiger partial charge in [0.1, 0.15) is 68.3 Å². The van der Waals surface area contributed by atoms with Gasteiger partial charge in [0, 0.05) is 12.8 Å². The van der Waals surface area contributed by atoms with E-state index in [1.807, 2.05) is 140 Å². The third-order valence-electron chi connectivity index (χ3n) is 18.2. The van der Waals surface area contributed by atoms with Crippen molar-refractivity contribution in [3.63, 3.8) is 0 Å². The first-order valence-electron chi connectivity index (χ1n) is 38.0. The lowest BCUT2D eigenvalue weighted by Crippen LogP contribution is -2.67. The summed E-state index contributed by atoms with van der Waals surface area (Å²) in [6.07, 6.45) is 21.3. The molecule has 6 rings (SSSR count). The molecular formula is C83H120NO17P. The highest BCUT2D eigenvalue weighted by molar-refractivity contribution is 7.48. The van der Waals surface area contributed by atoms with Gasteiger partial charge in [0.25, 0.3) is 0 Å². The number of carbonyl (C=O) groups excluding carboxylic acids is 2. The first-order chi connectivity index (χ1) is 50.1. The zero-order chi connectivity index (χ0) is 72.2. The number of esters is 2. The molecule has 0 saturated heterocycles. The largest absolute Gasteiger partial charge is 0.497 e. The van der Waals surface area contributed by atoms with Crippen LogP contribution in [0.3, 0.4) is 0 Å². The van der Waals surface area contributed by atoms with E-state index in [0.717, 1.165) is 72.8 Å². The lowest BCUT2D eigenvalue weighted by atomic mass is 9.83. The molecule has 0 bridgehead atoms. The molecule has 5 aromatic carbocycles. The van der Waals surface area contributed by atoms with E-state index < -0.39 is 82.3 Å². The SMILES string of the molecule is CCCCCCCCCCCCCCCC(=O)OC[C@H](COP(=O)(OCCC#N)O[C@@H]1[C@H](OCOCc2ccccc2)[C@H](OCc2ccccc2)[C@@H](OCc2ccc(OC)cc2)[C@H](OCc2ccc(OC)cc2)[C@H]1OCOCc1ccccc1)OC(=O)CCCCCCCCCCCCCCC. The molecule has 0 radical (unpaired) electrons. The summed E-state index contributed by atoms with van der Waals surface area (Å²) < 4.78 is 106. The second-order valence-electron chi connectivity index (χ2n) is 26.5. The number of hydrogen-bond donors (Lipinski definition) is 0. The standard InChI is InChI=1S/C83H120NO17P/c1-5-7-9-11-13-15-17-19-21-23-25-27-38-47-76(85)92-64-75(100-77(86)48-39-28-26-24-22-20-18-16-14-12-10-8-6-2)65-99-102(87,98-58-40-57-84)101-83-81(96-66-90-59-68-41-32-29-33-42-68)79(93-61-70-45-36-31-37-46-70)78(94-62-71-49-53-73(88-3)54-50-71)80(95-63-72-51-55-74(89-4)56-52-72)82(83)97-67-91-60-69-43-34-30-35-44-69/h29-37,41-46,49-56,75,78-83H,5-28,38-40,47-48,58-67H2,1-4H3/t75-,78-,79-,80+,81-,82-,83-,102?/m1/s1. The molecule has 0 amide bonds. The van der Waals surface area contributed by atoms with Crippen LogP contribution in [0, 0.1) is 11.3 Å². The predicted molar refractivity (Wildman–Crippen MR) is 396 cm³/mol. The van der Waals surface area contributed by atoms with Crippen LogP contribution in [0.4, 0.5) is 0 Å². The molecule has 5 aromatic rings. The van der Waals surface area contributed by atoms with Crippen LogP contribution in [0.1, 0.15) is 228 Å². The van der Waals surface area contributed by atoms with Gasteiger partial charge >= 0.3 is 19.8 Å². The number of methoxy groups -OCH3 is 2. The Kier molecular flexibility index (Phi) is 44.7. The fraction of sp³-hybridized carbons (Fsp3) is 0.602. The van der Waals surface area contributed by atoms with Crippen LogP contribution < -0.4 is 9.47 Å². The summed E-state index contributed by atoms with van der Waals surface area (Å²) in [5.74, 6) is 0.316. The second-order valence-corrected chi connectivity index (χ2v) is 28.1. The number of nitrogens with zero attached hydrogens (tertiary/aromatic N) is 1. The molecule has 0 N–H and O–H groups in total. The number of rotatable bonds is 60. The van der Waals surface area contributed by atoms with Gasteiger partial charge in [-0.05, 0) is 64.9 Å². The molecule has 8 atom stereocenters. The Morgan fingerprint density at radius 1 is 0.402 bits per heavy atom. The number of carbonyl (C=O) groups is 2. The first kappa shape index (κ1) is 84.9. The maximum atomic E-state index is 16.1. The summed E-state index contributed by atoms with van der Waals surface area (Å²) in [4.78, 5) is 27.5. The summed E-state index contributed by atoms with van der Waals surface area (Å²) >= 11 is 0. The van der Waals surface area contributed by atoms with E-state index in [1.165, 1.54) is 109 Å². The van der Waals surface area contributed by atoms with Crippen molar-refractivity contribution in [2.75, 3.05) is 47.6 Å². The van der Waals surface area contributed by atoms with Gasteiger partial charge in [0.2, 0.25) is 0 Å². The lowest BCUT2D eigenvalue weighted by molar-refractivity contribution is -0.296. The minimum absolute atomic E-state index is 0.00287. The molecule has 0 spiro atoms. The Balaban J connectivity index is 1.31. The van der Waals surface area contributed by atoms with Crippen LogP contribution >= 0.6 is 7.82 Å². The summed E-state index contributed by atoms with van der Waals surface area (Å²) in [6.45, 7) is 2.80. The van der Waals surface area contributed by atoms with E-state index in [1.54, 1.807) is 14.2 Å². The van der Waals surface area contributed by atoms with Crippen molar-refractivity contribution in [3.8, 4) is 17.6 Å². The zero-order valence-electron chi connectivity index (χ0n) is 61.7. The fourth-order valence-electron chi connectivity index (χ4n) is 12.3. The maximum absolute atomic E-state index is 16.1. The third-order valence-corrected chi connectivity index (χ3v) is 19.6. The lowest BCUT2D eigenvalue weighted by Gasteiger charge is -2.49. The number of nitriles is 1. The van der Waals surface area contributed by atoms with Crippen molar-refractivity contribution in [3.05, 3.63) is 167 Å². The average Bonchev–Trinajstić information content (AvgIpc) is 0.758. The second kappa shape index (κ2) is 53.7. The van der Waals surface area contributed by atoms with Gasteiger partial charge in [-0.3, -0.25) is 23.2 Å². The van der Waals surface area contributed by atoms with Gasteiger partial charge in [-0.1, -0.05) is 283 Å². The highest BCUT2D eigenvalue weighted by atomic mass is 31.2. The number of ether oxygens (including phenoxy) is 11. The van der Waals surface area contributed by atoms with Crippen LogP contribution in [0.25, 0.3) is 0 Å². The first-order valence-corrected chi connectivity index (χ1v) is 39.5. The quantitative estimate of drug-likeness (QED) is 0.0154. The van der Waals surface area contributed by atoms with Gasteiger partial charge in [-0.25, -0.2) is 4.57 Å². The van der Waals surface area contributed by atoms with Gasteiger partial charge in [-0.2, -0.15) is 5.26 Å². The van der Waals surface area contributed by atoms with Gasteiger partial charge < -0.3 is 52.1 Å². The van der Waals surface area contributed by atoms with Gasteiger partial charge in [0.15, 0.2) is 6.10 Å². The van der Waals surface area contributed by atoms with Crippen LogP contribution in [0.15, 0.2) is 140 Å². The van der Waals surface area contributed by atoms with E-state index in [4.69, 9.17) is 65.7 Å². The van der Waals surface area contributed by atoms with Crippen molar-refractivity contribution in [2.45, 2.75) is 276 Å². The van der Waals surface area contributed by atoms with Gasteiger partial charge in [-0.15, -0.1) is 0 Å². The van der Waals surface area contributed by atoms with Crippen LogP contribution in [0.5, 0.6) is 11.5 Å². The van der Waals surface area contributed by atoms with Crippen LogP contribution in [0.2, 0.25) is 0 Å². The highest BCUT2D eigenvalue weighted by Gasteiger charge is 2.57. The Labute approximate surface area is 610 Å². The number of phosphoric ester groups is 1. The fourth-order valence-corrected chi connectivity index (χ4v) is 13.7. The molecule has 1 aliphatic rings. The van der Waals surface area contributed by atoms with E-state index >= 15 is 4.57 Å². The molecule has 18 nitrogen and oxygen atoms in total. The molecule has 0 heterocycles. The molecule has 1 unspecified atom stereocenters. The number of unbranched alkanes of at least 4 members (excludes halogenated alkanes) is 24. The third kappa shape index (κ3) is 35.6. The van der Waals surface area contributed by atoms with Crippen molar-refractivity contribution < 1.29 is 79.8 Å². The van der Waals surface area contributed by atoms with Crippen molar-refractivity contribution in [1.29, 1.82) is 5.26 Å². The number of benzene rings is 5. The summed E-state index contributed by atoms with van der Waals surface area (Å²) in [5, 5.41) is 9.94. The molecule has 0 aromatic heterocycles. The zero-order valence-corrected chi connectivity index (χ0v) is 62.6. The minimum Gasteiger partial charge on any atom is -0.497 e. The maximum Gasteiger partial charge on any atom is 0.475 e. The molecular weight excluding hydrogens is 1310 g/mol. The molecule has 564 valence electrons. The molecule has 1 aliphatic carbocycles. The number of phosphoric acid groups is 1. The average molecular weight is 1430 g/mol. The Morgan fingerprint density at radius 3 is 1.12 bits per heavy atom. The van der Waals surface area contributed by atoms with Crippen LogP contribution in [-0.2, 0) is 103 Å². The summed E-state index contributed by atoms with van der Waals surface area (Å²) in [6, 6.07) is 45.8. The molecule has 0 aliphatic heterocycles. The Hall–Kier alpha value is -6.04. The normalized spacial score (nSPS) is 17.5.